The number of aliphatic hydroxyl groups is 1. The fourth-order valence-corrected chi connectivity index (χ4v) is 3.89. The molecule has 4 atom stereocenters. The van der Waals surface area contributed by atoms with Gasteiger partial charge < -0.3 is 23.9 Å². The highest BCUT2D eigenvalue weighted by atomic mass is 16.6. The van der Waals surface area contributed by atoms with Crippen molar-refractivity contribution in [1.29, 1.82) is 0 Å². The van der Waals surface area contributed by atoms with Crippen molar-refractivity contribution < 1.29 is 19.3 Å². The van der Waals surface area contributed by atoms with E-state index in [4.69, 9.17) is 19.2 Å². The molecule has 0 unspecified atom stereocenters. The summed E-state index contributed by atoms with van der Waals surface area (Å²) in [4.78, 5) is 9.29. The molecular weight excluding hydrogens is 334 g/mol. The van der Waals surface area contributed by atoms with Crippen molar-refractivity contribution in [2.75, 3.05) is 20.3 Å². The standard InChI is InChI=1S/C19H19N3O4/c1-24-15-4-2-3-11-5-6-12(21-16(11)15)19-20-7-8-22(19)13-9-25-18-14(23)10-26-17(13)18/h2-8,13-14,17-18,23H,9-10H2,1H3/t13-,14-,17-,18-/m1/s1. The SMILES string of the molecule is COc1cccc2ccc(-c3nccn3[C@@H]3CO[C@H]4[C@@H]3OC[C@H]4O)nc12. The second-order valence-corrected chi connectivity index (χ2v) is 6.62. The van der Waals surface area contributed by atoms with E-state index in [1.807, 2.05) is 41.1 Å². The van der Waals surface area contributed by atoms with Crippen LogP contribution in [0.15, 0.2) is 42.7 Å². The summed E-state index contributed by atoms with van der Waals surface area (Å²) >= 11 is 0. The molecule has 2 aliphatic heterocycles. The number of imidazole rings is 1. The smallest absolute Gasteiger partial charge is 0.159 e. The molecule has 1 N–H and O–H groups in total. The highest BCUT2D eigenvalue weighted by Gasteiger charge is 2.48. The van der Waals surface area contributed by atoms with Crippen molar-refractivity contribution in [1.82, 2.24) is 14.5 Å². The van der Waals surface area contributed by atoms with Crippen molar-refractivity contribution in [3.05, 3.63) is 42.7 Å². The molecule has 2 aromatic heterocycles. The number of rotatable bonds is 3. The molecule has 134 valence electrons. The monoisotopic (exact) mass is 353 g/mol. The number of aromatic nitrogens is 3. The number of para-hydroxylation sites is 1. The molecule has 4 heterocycles. The summed E-state index contributed by atoms with van der Waals surface area (Å²) in [6.07, 6.45) is 2.64. The van der Waals surface area contributed by atoms with Crippen LogP contribution in [0.2, 0.25) is 0 Å². The van der Waals surface area contributed by atoms with Gasteiger partial charge in [0, 0.05) is 17.8 Å². The predicted octanol–water partition coefficient (Wildman–Crippen LogP) is 1.81. The highest BCUT2D eigenvalue weighted by molar-refractivity contribution is 5.86. The third-order valence-electron chi connectivity index (χ3n) is 5.16. The Morgan fingerprint density at radius 3 is 2.92 bits per heavy atom. The van der Waals surface area contributed by atoms with E-state index >= 15 is 0 Å². The van der Waals surface area contributed by atoms with Crippen LogP contribution < -0.4 is 4.74 Å². The van der Waals surface area contributed by atoms with Gasteiger partial charge in [0.15, 0.2) is 5.82 Å². The van der Waals surface area contributed by atoms with E-state index < -0.39 is 6.10 Å². The molecule has 7 nitrogen and oxygen atoms in total. The van der Waals surface area contributed by atoms with E-state index in [1.54, 1.807) is 13.3 Å². The molecule has 1 aromatic carbocycles. The molecule has 5 rings (SSSR count). The molecule has 0 bridgehead atoms. The van der Waals surface area contributed by atoms with Gasteiger partial charge >= 0.3 is 0 Å². The average molecular weight is 353 g/mol. The number of aliphatic hydroxyl groups excluding tert-OH is 1. The normalized spacial score (nSPS) is 27.8. The first-order valence-electron chi connectivity index (χ1n) is 8.64. The van der Waals surface area contributed by atoms with Gasteiger partial charge in [0.2, 0.25) is 0 Å². The van der Waals surface area contributed by atoms with E-state index in [-0.39, 0.29) is 18.2 Å². The van der Waals surface area contributed by atoms with Gasteiger partial charge in [-0.1, -0.05) is 18.2 Å². The largest absolute Gasteiger partial charge is 0.494 e. The molecule has 0 amide bonds. The fourth-order valence-electron chi connectivity index (χ4n) is 3.89. The van der Waals surface area contributed by atoms with Gasteiger partial charge in [0.05, 0.1) is 26.4 Å². The highest BCUT2D eigenvalue weighted by Crippen LogP contribution is 2.36. The third kappa shape index (κ3) is 2.32. The first-order chi connectivity index (χ1) is 12.8. The van der Waals surface area contributed by atoms with Crippen molar-refractivity contribution in [2.24, 2.45) is 0 Å². The maximum Gasteiger partial charge on any atom is 0.159 e. The summed E-state index contributed by atoms with van der Waals surface area (Å²) < 4.78 is 19.0. The number of fused-ring (bicyclic) bond motifs is 2. The van der Waals surface area contributed by atoms with Crippen LogP contribution in [-0.4, -0.2) is 58.3 Å². The lowest BCUT2D eigenvalue weighted by molar-refractivity contribution is 0.0172. The van der Waals surface area contributed by atoms with Gasteiger partial charge in [0.25, 0.3) is 0 Å². The summed E-state index contributed by atoms with van der Waals surface area (Å²) in [5.41, 5.74) is 1.56. The first-order valence-corrected chi connectivity index (χ1v) is 8.64. The van der Waals surface area contributed by atoms with Crippen molar-refractivity contribution in [3.63, 3.8) is 0 Å². The zero-order chi connectivity index (χ0) is 17.7. The minimum Gasteiger partial charge on any atom is -0.494 e. The van der Waals surface area contributed by atoms with E-state index in [9.17, 15) is 5.11 Å². The molecule has 0 aliphatic carbocycles. The van der Waals surface area contributed by atoms with Gasteiger partial charge in [-0.2, -0.15) is 0 Å². The zero-order valence-electron chi connectivity index (χ0n) is 14.3. The maximum absolute atomic E-state index is 9.98. The van der Waals surface area contributed by atoms with Gasteiger partial charge in [-0.25, -0.2) is 9.97 Å². The first kappa shape index (κ1) is 15.7. The number of hydrogen-bond donors (Lipinski definition) is 1. The Morgan fingerprint density at radius 2 is 2.04 bits per heavy atom. The van der Waals surface area contributed by atoms with Crippen LogP contribution in [0.5, 0.6) is 5.75 Å². The number of benzene rings is 1. The Kier molecular flexibility index (Phi) is 3.66. The van der Waals surface area contributed by atoms with Crippen LogP contribution in [-0.2, 0) is 9.47 Å². The molecule has 7 heteroatoms. The molecule has 0 spiro atoms. The minimum atomic E-state index is -0.569. The molecular formula is C19H19N3O4. The minimum absolute atomic E-state index is 0.0372. The quantitative estimate of drug-likeness (QED) is 0.774. The summed E-state index contributed by atoms with van der Waals surface area (Å²) in [7, 11) is 1.64. The summed E-state index contributed by atoms with van der Waals surface area (Å²) in [5.74, 6) is 1.48. The topological polar surface area (TPSA) is 78.6 Å². The van der Waals surface area contributed by atoms with Gasteiger partial charge in [0.1, 0.15) is 35.3 Å². The molecule has 2 fully saturated rings. The molecule has 0 radical (unpaired) electrons. The number of methoxy groups -OCH3 is 1. The van der Waals surface area contributed by atoms with Gasteiger partial charge in [-0.05, 0) is 12.1 Å². The number of ether oxygens (including phenoxy) is 3. The molecule has 3 aromatic rings. The molecule has 2 aliphatic rings. The van der Waals surface area contributed by atoms with Crippen LogP contribution in [0.1, 0.15) is 6.04 Å². The van der Waals surface area contributed by atoms with E-state index in [1.165, 1.54) is 0 Å². The Labute approximate surface area is 150 Å². The molecule has 0 saturated carbocycles. The average Bonchev–Trinajstić information content (AvgIpc) is 3.38. The molecule has 2 saturated heterocycles. The van der Waals surface area contributed by atoms with Crippen LogP contribution >= 0.6 is 0 Å². The van der Waals surface area contributed by atoms with E-state index in [2.05, 4.69) is 4.98 Å². The zero-order valence-corrected chi connectivity index (χ0v) is 14.3. The van der Waals surface area contributed by atoms with Crippen LogP contribution in [0.25, 0.3) is 22.4 Å². The van der Waals surface area contributed by atoms with E-state index in [0.29, 0.717) is 13.2 Å². The maximum atomic E-state index is 9.98. The lowest BCUT2D eigenvalue weighted by Crippen LogP contribution is -2.30. The lowest BCUT2D eigenvalue weighted by Gasteiger charge is -2.19. The number of hydrogen-bond acceptors (Lipinski definition) is 6. The van der Waals surface area contributed by atoms with Crippen molar-refractivity contribution in [2.45, 2.75) is 24.4 Å². The number of nitrogens with zero attached hydrogens (tertiary/aromatic N) is 3. The van der Waals surface area contributed by atoms with Crippen molar-refractivity contribution in [3.8, 4) is 17.3 Å². The predicted molar refractivity (Wildman–Crippen MR) is 94.0 cm³/mol. The summed E-state index contributed by atoms with van der Waals surface area (Å²) in [6, 6.07) is 9.78. The molecule has 26 heavy (non-hydrogen) atoms. The summed E-state index contributed by atoms with van der Waals surface area (Å²) in [5, 5.41) is 11.0. The Bertz CT molecular complexity index is 957. The second kappa shape index (κ2) is 6.05. The van der Waals surface area contributed by atoms with Crippen LogP contribution in [0.3, 0.4) is 0 Å². The fraction of sp³-hybridized carbons (Fsp3) is 0.368. The Morgan fingerprint density at radius 1 is 1.15 bits per heavy atom. The van der Waals surface area contributed by atoms with Crippen LogP contribution in [0.4, 0.5) is 0 Å². The lowest BCUT2D eigenvalue weighted by atomic mass is 10.1. The van der Waals surface area contributed by atoms with E-state index in [0.717, 1.165) is 28.2 Å². The Hall–Kier alpha value is -2.48. The Balaban J connectivity index is 1.56. The third-order valence-corrected chi connectivity index (χ3v) is 5.16. The van der Waals surface area contributed by atoms with Gasteiger partial charge in [-0.15, -0.1) is 0 Å². The van der Waals surface area contributed by atoms with Crippen molar-refractivity contribution >= 4 is 10.9 Å². The second-order valence-electron chi connectivity index (χ2n) is 6.62. The summed E-state index contributed by atoms with van der Waals surface area (Å²) in [6.45, 7) is 0.786. The van der Waals surface area contributed by atoms with Crippen LogP contribution in [0, 0.1) is 0 Å². The number of pyridine rings is 1. The van der Waals surface area contributed by atoms with Gasteiger partial charge in [-0.3, -0.25) is 0 Å².